The number of hydrogen-bond donors (Lipinski definition) is 2. The second kappa shape index (κ2) is 6.18. The molecule has 17 heavy (non-hydrogen) atoms. The summed E-state index contributed by atoms with van der Waals surface area (Å²) < 4.78 is 0. The Balaban J connectivity index is 2.10. The summed E-state index contributed by atoms with van der Waals surface area (Å²) in [5, 5.41) is 6.99. The topological polar surface area (TPSA) is 24.1 Å². The maximum atomic E-state index is 3.50. The molecule has 1 aliphatic rings. The highest BCUT2D eigenvalue weighted by molar-refractivity contribution is 5.25. The standard InChI is InChI=1S/C15H24N2/c1-3-12-6-8-13(9-7-12)15(16-2)14-5-4-10-17-11-14/h6-9,14-17H,3-5,10-11H2,1-2H3. The first-order valence-corrected chi connectivity index (χ1v) is 6.82. The maximum absolute atomic E-state index is 3.50. The SMILES string of the molecule is CCc1ccc(C(NC)C2CCCNC2)cc1. The number of piperidine rings is 1. The van der Waals surface area contributed by atoms with Crippen LogP contribution in [0, 0.1) is 5.92 Å². The highest BCUT2D eigenvalue weighted by atomic mass is 14.9. The van der Waals surface area contributed by atoms with Gasteiger partial charge >= 0.3 is 0 Å². The second-order valence-corrected chi connectivity index (χ2v) is 4.97. The van der Waals surface area contributed by atoms with Gasteiger partial charge in [0.15, 0.2) is 0 Å². The van der Waals surface area contributed by atoms with Crippen LogP contribution in [0.1, 0.15) is 36.9 Å². The third-order valence-electron chi connectivity index (χ3n) is 3.86. The zero-order valence-electron chi connectivity index (χ0n) is 11.0. The van der Waals surface area contributed by atoms with Crippen molar-refractivity contribution >= 4 is 0 Å². The molecule has 1 aliphatic heterocycles. The molecule has 0 spiro atoms. The quantitative estimate of drug-likeness (QED) is 0.833. The lowest BCUT2D eigenvalue weighted by molar-refractivity contribution is 0.298. The fourth-order valence-corrected chi connectivity index (χ4v) is 2.80. The summed E-state index contributed by atoms with van der Waals surface area (Å²) in [5.74, 6) is 0.723. The zero-order chi connectivity index (χ0) is 12.1. The van der Waals surface area contributed by atoms with Gasteiger partial charge in [-0.15, -0.1) is 0 Å². The van der Waals surface area contributed by atoms with Crippen molar-refractivity contribution in [1.82, 2.24) is 10.6 Å². The molecule has 2 N–H and O–H groups in total. The van der Waals surface area contributed by atoms with Crippen LogP contribution in [0.15, 0.2) is 24.3 Å². The molecule has 94 valence electrons. The highest BCUT2D eigenvalue weighted by Crippen LogP contribution is 2.27. The molecule has 0 saturated carbocycles. The van der Waals surface area contributed by atoms with Gasteiger partial charge in [-0.1, -0.05) is 31.2 Å². The van der Waals surface area contributed by atoms with E-state index in [4.69, 9.17) is 0 Å². The van der Waals surface area contributed by atoms with Crippen molar-refractivity contribution in [3.8, 4) is 0 Å². The Morgan fingerprint density at radius 3 is 2.65 bits per heavy atom. The van der Waals surface area contributed by atoms with Crippen LogP contribution >= 0.6 is 0 Å². The number of hydrogen-bond acceptors (Lipinski definition) is 2. The van der Waals surface area contributed by atoms with Crippen LogP contribution < -0.4 is 10.6 Å². The van der Waals surface area contributed by atoms with Crippen molar-refractivity contribution in [2.45, 2.75) is 32.2 Å². The van der Waals surface area contributed by atoms with Gasteiger partial charge in [0.1, 0.15) is 0 Å². The molecule has 0 aromatic heterocycles. The van der Waals surface area contributed by atoms with Crippen molar-refractivity contribution in [2.75, 3.05) is 20.1 Å². The molecular weight excluding hydrogens is 208 g/mol. The summed E-state index contributed by atoms with van der Waals surface area (Å²) in [4.78, 5) is 0. The molecule has 0 radical (unpaired) electrons. The van der Waals surface area contributed by atoms with E-state index >= 15 is 0 Å². The second-order valence-electron chi connectivity index (χ2n) is 4.97. The van der Waals surface area contributed by atoms with Gasteiger partial charge in [-0.2, -0.15) is 0 Å². The first kappa shape index (κ1) is 12.6. The summed E-state index contributed by atoms with van der Waals surface area (Å²) in [6.07, 6.45) is 3.75. The zero-order valence-corrected chi connectivity index (χ0v) is 11.0. The van der Waals surface area contributed by atoms with E-state index in [1.54, 1.807) is 0 Å². The lowest BCUT2D eigenvalue weighted by Crippen LogP contribution is -2.37. The Morgan fingerprint density at radius 2 is 2.12 bits per heavy atom. The fraction of sp³-hybridized carbons (Fsp3) is 0.600. The Kier molecular flexibility index (Phi) is 4.57. The molecule has 2 nitrogen and oxygen atoms in total. The van der Waals surface area contributed by atoms with Crippen LogP contribution in [0.25, 0.3) is 0 Å². The highest BCUT2D eigenvalue weighted by Gasteiger charge is 2.23. The van der Waals surface area contributed by atoms with E-state index in [1.165, 1.54) is 30.5 Å². The van der Waals surface area contributed by atoms with E-state index in [0.717, 1.165) is 18.9 Å². The van der Waals surface area contributed by atoms with E-state index in [-0.39, 0.29) is 0 Å². The molecule has 2 unspecified atom stereocenters. The maximum Gasteiger partial charge on any atom is 0.0358 e. The van der Waals surface area contributed by atoms with Crippen LogP contribution in [0.5, 0.6) is 0 Å². The van der Waals surface area contributed by atoms with Gasteiger partial charge in [-0.25, -0.2) is 0 Å². The van der Waals surface area contributed by atoms with Crippen molar-refractivity contribution in [2.24, 2.45) is 5.92 Å². The molecule has 1 aromatic rings. The lowest BCUT2D eigenvalue weighted by atomic mass is 9.87. The van der Waals surface area contributed by atoms with Gasteiger partial charge in [0.25, 0.3) is 0 Å². The average Bonchev–Trinajstić information content (AvgIpc) is 2.42. The first-order valence-electron chi connectivity index (χ1n) is 6.82. The fourth-order valence-electron chi connectivity index (χ4n) is 2.80. The normalized spacial score (nSPS) is 22.4. The van der Waals surface area contributed by atoms with Gasteiger partial charge in [0, 0.05) is 6.04 Å². The minimum atomic E-state index is 0.494. The van der Waals surface area contributed by atoms with Crippen molar-refractivity contribution < 1.29 is 0 Å². The monoisotopic (exact) mass is 232 g/mol. The van der Waals surface area contributed by atoms with Crippen LogP contribution in [0.2, 0.25) is 0 Å². The van der Waals surface area contributed by atoms with E-state index in [2.05, 4.69) is 48.9 Å². The van der Waals surface area contributed by atoms with E-state index in [0.29, 0.717) is 6.04 Å². The number of aryl methyl sites for hydroxylation is 1. The van der Waals surface area contributed by atoms with Gasteiger partial charge in [-0.3, -0.25) is 0 Å². The molecule has 2 atom stereocenters. The summed E-state index contributed by atoms with van der Waals surface area (Å²) in [6, 6.07) is 9.59. The van der Waals surface area contributed by atoms with Crippen molar-refractivity contribution in [1.29, 1.82) is 0 Å². The molecule has 0 bridgehead atoms. The van der Waals surface area contributed by atoms with Gasteiger partial charge in [-0.05, 0) is 56.4 Å². The molecule has 1 saturated heterocycles. The van der Waals surface area contributed by atoms with E-state index in [9.17, 15) is 0 Å². The molecule has 0 amide bonds. The molecule has 1 heterocycles. The number of benzene rings is 1. The average molecular weight is 232 g/mol. The smallest absolute Gasteiger partial charge is 0.0358 e. The predicted molar refractivity (Wildman–Crippen MR) is 73.2 cm³/mol. The van der Waals surface area contributed by atoms with Crippen molar-refractivity contribution in [3.05, 3.63) is 35.4 Å². The minimum Gasteiger partial charge on any atom is -0.316 e. The number of nitrogens with one attached hydrogen (secondary N) is 2. The minimum absolute atomic E-state index is 0.494. The van der Waals surface area contributed by atoms with Crippen LogP contribution in [0.4, 0.5) is 0 Å². The van der Waals surface area contributed by atoms with Gasteiger partial charge in [0.2, 0.25) is 0 Å². The predicted octanol–water partition coefficient (Wildman–Crippen LogP) is 2.51. The lowest BCUT2D eigenvalue weighted by Gasteiger charge is -2.31. The molecule has 1 fully saturated rings. The van der Waals surface area contributed by atoms with Crippen LogP contribution in [0.3, 0.4) is 0 Å². The molecule has 0 aliphatic carbocycles. The molecule has 1 aromatic carbocycles. The first-order chi connectivity index (χ1) is 8.35. The van der Waals surface area contributed by atoms with Crippen LogP contribution in [-0.2, 0) is 6.42 Å². The molecule has 2 heteroatoms. The van der Waals surface area contributed by atoms with Crippen molar-refractivity contribution in [3.63, 3.8) is 0 Å². The third kappa shape index (κ3) is 3.08. The summed E-state index contributed by atoms with van der Waals surface area (Å²) in [6.45, 7) is 4.53. The Hall–Kier alpha value is -0.860. The van der Waals surface area contributed by atoms with Crippen LogP contribution in [-0.4, -0.2) is 20.1 Å². The number of rotatable bonds is 4. The van der Waals surface area contributed by atoms with Gasteiger partial charge < -0.3 is 10.6 Å². The summed E-state index contributed by atoms with van der Waals surface area (Å²) in [7, 11) is 2.08. The molecule has 2 rings (SSSR count). The molecular formula is C15H24N2. The summed E-state index contributed by atoms with van der Waals surface area (Å²) in [5.41, 5.74) is 2.85. The Morgan fingerprint density at radius 1 is 1.35 bits per heavy atom. The largest absolute Gasteiger partial charge is 0.316 e. The van der Waals surface area contributed by atoms with E-state index in [1.807, 2.05) is 0 Å². The Labute approximate surface area is 105 Å². The third-order valence-corrected chi connectivity index (χ3v) is 3.86. The van der Waals surface area contributed by atoms with E-state index < -0.39 is 0 Å². The van der Waals surface area contributed by atoms with Gasteiger partial charge in [0.05, 0.1) is 0 Å². The Bertz CT molecular complexity index is 325. The summed E-state index contributed by atoms with van der Waals surface area (Å²) >= 11 is 0.